The van der Waals surface area contributed by atoms with Crippen molar-refractivity contribution in [1.82, 2.24) is 9.80 Å². The molecule has 1 aliphatic rings. The Morgan fingerprint density at radius 2 is 1.94 bits per heavy atom. The fourth-order valence-corrected chi connectivity index (χ4v) is 1.67. The largest absolute Gasteiger partial charge is 0.370 e. The molecule has 1 aliphatic heterocycles. The molecule has 6 N–H and O–H groups in total. The van der Waals surface area contributed by atoms with E-state index < -0.39 is 0 Å². The first-order valence-corrected chi connectivity index (χ1v) is 5.27. The van der Waals surface area contributed by atoms with Crippen molar-refractivity contribution in [2.75, 3.05) is 40.3 Å². The maximum absolute atomic E-state index is 5.54. The summed E-state index contributed by atoms with van der Waals surface area (Å²) in [6, 6.07) is 0.367. The smallest absolute Gasteiger partial charge is 0.218 e. The van der Waals surface area contributed by atoms with Gasteiger partial charge in [-0.25, -0.2) is 4.99 Å². The van der Waals surface area contributed by atoms with Gasteiger partial charge in [0.05, 0.1) is 6.54 Å². The average molecular weight is 227 g/mol. The topological polar surface area (TPSA) is 109 Å². The molecule has 16 heavy (non-hydrogen) atoms. The van der Waals surface area contributed by atoms with E-state index in [-0.39, 0.29) is 11.9 Å². The van der Waals surface area contributed by atoms with Crippen molar-refractivity contribution >= 4 is 11.9 Å². The molecule has 0 aromatic rings. The Morgan fingerprint density at radius 3 is 2.56 bits per heavy atom. The minimum atomic E-state index is -0.0598. The zero-order valence-corrected chi connectivity index (χ0v) is 9.93. The highest BCUT2D eigenvalue weighted by molar-refractivity contribution is 5.92. The number of hydrogen-bond donors (Lipinski definition) is 3. The molecule has 7 heteroatoms. The summed E-state index contributed by atoms with van der Waals surface area (Å²) >= 11 is 0. The third kappa shape index (κ3) is 4.03. The SMILES string of the molecule is CN1CCN(C)C(CN=C(N)N=C(N)N)C1. The van der Waals surface area contributed by atoms with E-state index in [0.29, 0.717) is 12.6 Å². The van der Waals surface area contributed by atoms with Crippen LogP contribution in [-0.2, 0) is 0 Å². The molecule has 0 bridgehead atoms. The second kappa shape index (κ2) is 5.66. The summed E-state index contributed by atoms with van der Waals surface area (Å²) in [5.74, 6) is 0.0805. The summed E-state index contributed by atoms with van der Waals surface area (Å²) in [6.45, 7) is 3.72. The highest BCUT2D eigenvalue weighted by atomic mass is 15.3. The highest BCUT2D eigenvalue weighted by Gasteiger charge is 2.21. The second-order valence-electron chi connectivity index (χ2n) is 4.13. The van der Waals surface area contributed by atoms with Gasteiger partial charge in [-0.2, -0.15) is 4.99 Å². The van der Waals surface area contributed by atoms with Crippen LogP contribution >= 0.6 is 0 Å². The Bertz CT molecular complexity index is 282. The molecular weight excluding hydrogens is 206 g/mol. The number of hydrogen-bond acceptors (Lipinski definition) is 3. The Hall–Kier alpha value is -1.34. The van der Waals surface area contributed by atoms with Crippen molar-refractivity contribution in [2.45, 2.75) is 6.04 Å². The first-order chi connectivity index (χ1) is 7.49. The van der Waals surface area contributed by atoms with Crippen LogP contribution in [0, 0.1) is 0 Å². The van der Waals surface area contributed by atoms with E-state index in [1.807, 2.05) is 0 Å². The molecule has 1 atom stereocenters. The molecule has 92 valence electrons. The molecule has 1 unspecified atom stereocenters. The maximum Gasteiger partial charge on any atom is 0.218 e. The summed E-state index contributed by atoms with van der Waals surface area (Å²) in [6.07, 6.45) is 0. The van der Waals surface area contributed by atoms with Crippen LogP contribution in [0.4, 0.5) is 0 Å². The second-order valence-corrected chi connectivity index (χ2v) is 4.13. The number of nitrogens with two attached hydrogens (primary N) is 3. The van der Waals surface area contributed by atoms with Crippen molar-refractivity contribution in [1.29, 1.82) is 0 Å². The monoisotopic (exact) mass is 227 g/mol. The average Bonchev–Trinajstić information content (AvgIpc) is 2.18. The maximum atomic E-state index is 5.54. The van der Waals surface area contributed by atoms with E-state index in [9.17, 15) is 0 Å². The summed E-state index contributed by atoms with van der Waals surface area (Å²) in [5, 5.41) is 0. The Balaban J connectivity index is 2.50. The summed E-state index contributed by atoms with van der Waals surface area (Å²) in [4.78, 5) is 12.4. The molecule has 0 aromatic carbocycles. The van der Waals surface area contributed by atoms with E-state index in [1.165, 1.54) is 0 Å². The Morgan fingerprint density at radius 1 is 1.25 bits per heavy atom. The minimum Gasteiger partial charge on any atom is -0.370 e. The number of likely N-dealkylation sites (N-methyl/N-ethyl adjacent to an activating group) is 2. The molecule has 0 saturated carbocycles. The number of rotatable bonds is 2. The third-order valence-corrected chi connectivity index (χ3v) is 2.69. The molecule has 1 fully saturated rings. The number of piperazine rings is 1. The van der Waals surface area contributed by atoms with Gasteiger partial charge in [-0.3, -0.25) is 4.90 Å². The number of aliphatic imine (C=N–C) groups is 2. The zero-order valence-electron chi connectivity index (χ0n) is 9.93. The van der Waals surface area contributed by atoms with Crippen LogP contribution in [0.1, 0.15) is 0 Å². The molecule has 0 spiro atoms. The molecule has 1 heterocycles. The lowest BCUT2D eigenvalue weighted by molar-refractivity contribution is 0.119. The fourth-order valence-electron chi connectivity index (χ4n) is 1.67. The first-order valence-electron chi connectivity index (χ1n) is 5.27. The van der Waals surface area contributed by atoms with Crippen molar-refractivity contribution in [3.8, 4) is 0 Å². The Kier molecular flexibility index (Phi) is 4.51. The predicted molar refractivity (Wildman–Crippen MR) is 66.2 cm³/mol. The molecule has 1 saturated heterocycles. The van der Waals surface area contributed by atoms with Crippen LogP contribution in [0.5, 0.6) is 0 Å². The van der Waals surface area contributed by atoms with E-state index in [0.717, 1.165) is 19.6 Å². The van der Waals surface area contributed by atoms with Gasteiger partial charge in [0.15, 0.2) is 5.96 Å². The van der Waals surface area contributed by atoms with E-state index in [1.54, 1.807) is 0 Å². The number of nitrogens with zero attached hydrogens (tertiary/aromatic N) is 4. The minimum absolute atomic E-state index is 0.0598. The van der Waals surface area contributed by atoms with Gasteiger partial charge in [-0.05, 0) is 14.1 Å². The summed E-state index contributed by atoms with van der Waals surface area (Å²) in [5.41, 5.74) is 15.9. The molecule has 1 rings (SSSR count). The molecule has 7 nitrogen and oxygen atoms in total. The van der Waals surface area contributed by atoms with E-state index >= 15 is 0 Å². The van der Waals surface area contributed by atoms with Gasteiger partial charge < -0.3 is 22.1 Å². The fraction of sp³-hybridized carbons (Fsp3) is 0.778. The van der Waals surface area contributed by atoms with Crippen molar-refractivity contribution in [3.05, 3.63) is 0 Å². The molecule has 0 aromatic heterocycles. The Labute approximate surface area is 96.0 Å². The van der Waals surface area contributed by atoms with Gasteiger partial charge in [0.2, 0.25) is 5.96 Å². The van der Waals surface area contributed by atoms with Crippen molar-refractivity contribution in [2.24, 2.45) is 27.2 Å². The quantitative estimate of drug-likeness (QED) is 0.367. The van der Waals surface area contributed by atoms with Crippen LogP contribution in [0.2, 0.25) is 0 Å². The highest BCUT2D eigenvalue weighted by Crippen LogP contribution is 2.05. The molecule has 0 aliphatic carbocycles. The zero-order chi connectivity index (χ0) is 12.1. The van der Waals surface area contributed by atoms with Crippen LogP contribution in [-0.4, -0.2) is 68.0 Å². The molecule has 0 amide bonds. The van der Waals surface area contributed by atoms with Gasteiger partial charge >= 0.3 is 0 Å². The summed E-state index contributed by atoms with van der Waals surface area (Å²) < 4.78 is 0. The normalized spacial score (nSPS) is 24.4. The van der Waals surface area contributed by atoms with Crippen LogP contribution in [0.3, 0.4) is 0 Å². The number of guanidine groups is 2. The lowest BCUT2D eigenvalue weighted by Gasteiger charge is -2.36. The van der Waals surface area contributed by atoms with Crippen LogP contribution < -0.4 is 17.2 Å². The lowest BCUT2D eigenvalue weighted by atomic mass is 10.2. The third-order valence-electron chi connectivity index (χ3n) is 2.69. The van der Waals surface area contributed by atoms with Gasteiger partial charge in [0, 0.05) is 25.7 Å². The van der Waals surface area contributed by atoms with Gasteiger partial charge in [-0.1, -0.05) is 0 Å². The van der Waals surface area contributed by atoms with Crippen LogP contribution in [0.15, 0.2) is 9.98 Å². The first kappa shape index (κ1) is 12.7. The van der Waals surface area contributed by atoms with Crippen molar-refractivity contribution < 1.29 is 0 Å². The lowest BCUT2D eigenvalue weighted by Crippen LogP contribution is -2.51. The van der Waals surface area contributed by atoms with Gasteiger partial charge in [0.1, 0.15) is 0 Å². The van der Waals surface area contributed by atoms with Crippen LogP contribution in [0.25, 0.3) is 0 Å². The van der Waals surface area contributed by atoms with Crippen molar-refractivity contribution in [3.63, 3.8) is 0 Å². The van der Waals surface area contributed by atoms with E-state index in [2.05, 4.69) is 33.9 Å². The van der Waals surface area contributed by atoms with Gasteiger partial charge in [0.25, 0.3) is 0 Å². The van der Waals surface area contributed by atoms with E-state index in [4.69, 9.17) is 17.2 Å². The predicted octanol–water partition coefficient (Wildman–Crippen LogP) is -2.18. The molecule has 0 radical (unpaired) electrons. The summed E-state index contributed by atoms with van der Waals surface area (Å²) in [7, 11) is 4.19. The standard InChI is InChI=1S/C9H21N7/c1-15-3-4-16(2)7(6-15)5-13-9(12)14-8(10)11/h7H,3-6H2,1-2H3,(H6,10,11,12,13,14). The van der Waals surface area contributed by atoms with Gasteiger partial charge in [-0.15, -0.1) is 0 Å². The molecular formula is C9H21N7.